The van der Waals surface area contributed by atoms with Crippen molar-refractivity contribution in [2.24, 2.45) is 5.92 Å². The van der Waals surface area contributed by atoms with Crippen LogP contribution >= 0.6 is 0 Å². The van der Waals surface area contributed by atoms with E-state index in [1.165, 1.54) is 25.3 Å². The van der Waals surface area contributed by atoms with E-state index < -0.39 is 17.5 Å². The fourth-order valence-electron chi connectivity index (χ4n) is 3.25. The highest BCUT2D eigenvalue weighted by Gasteiger charge is 2.26. The maximum Gasteiger partial charge on any atom is 0.194 e. The Morgan fingerprint density at radius 3 is 2.15 bits per heavy atom. The van der Waals surface area contributed by atoms with Crippen molar-refractivity contribution in [2.45, 2.75) is 51.0 Å². The predicted octanol–water partition coefficient (Wildman–Crippen LogP) is 4.72. The van der Waals surface area contributed by atoms with Crippen molar-refractivity contribution in [1.29, 1.82) is 0 Å². The molecule has 1 aliphatic carbocycles. The standard InChI is InChI=1S/C16H22F3N/c1-20-16(11-7-5-3-2-4-6-8-11)12-9-10-13(17)15(19)14(12)18/h9-11,16,20H,2-8H2,1H3. The zero-order valence-corrected chi connectivity index (χ0v) is 11.9. The van der Waals surface area contributed by atoms with Crippen molar-refractivity contribution in [3.63, 3.8) is 0 Å². The highest BCUT2D eigenvalue weighted by molar-refractivity contribution is 5.24. The summed E-state index contributed by atoms with van der Waals surface area (Å²) in [6.45, 7) is 0. The second-order valence-corrected chi connectivity index (χ2v) is 5.64. The SMILES string of the molecule is CNC(c1ccc(F)c(F)c1F)C1CCCCCCC1. The summed E-state index contributed by atoms with van der Waals surface area (Å²) in [4.78, 5) is 0. The van der Waals surface area contributed by atoms with Crippen molar-refractivity contribution in [1.82, 2.24) is 5.32 Å². The molecule has 0 saturated heterocycles. The Morgan fingerprint density at radius 1 is 0.950 bits per heavy atom. The Kier molecular flexibility index (Phi) is 5.46. The molecule has 0 aromatic heterocycles. The third-order valence-corrected chi connectivity index (χ3v) is 4.33. The van der Waals surface area contributed by atoms with Crippen LogP contribution in [0.15, 0.2) is 12.1 Å². The third kappa shape index (κ3) is 3.35. The first-order chi connectivity index (χ1) is 9.65. The minimum absolute atomic E-state index is 0.247. The van der Waals surface area contributed by atoms with Gasteiger partial charge in [0.2, 0.25) is 0 Å². The molecule has 1 atom stereocenters. The molecule has 1 nitrogen and oxygen atoms in total. The molecule has 0 aliphatic heterocycles. The van der Waals surface area contributed by atoms with E-state index in [0.717, 1.165) is 31.7 Å². The predicted molar refractivity (Wildman–Crippen MR) is 73.9 cm³/mol. The van der Waals surface area contributed by atoms with Crippen molar-refractivity contribution in [3.8, 4) is 0 Å². The van der Waals surface area contributed by atoms with E-state index >= 15 is 0 Å². The van der Waals surface area contributed by atoms with Gasteiger partial charge in [0.1, 0.15) is 0 Å². The van der Waals surface area contributed by atoms with Crippen molar-refractivity contribution >= 4 is 0 Å². The molecule has 1 aromatic rings. The van der Waals surface area contributed by atoms with Crippen LogP contribution in [0.3, 0.4) is 0 Å². The molecule has 1 aromatic carbocycles. The molecule has 20 heavy (non-hydrogen) atoms. The Bertz CT molecular complexity index is 440. The largest absolute Gasteiger partial charge is 0.313 e. The van der Waals surface area contributed by atoms with Gasteiger partial charge in [-0.2, -0.15) is 0 Å². The summed E-state index contributed by atoms with van der Waals surface area (Å²) >= 11 is 0. The maximum atomic E-state index is 14.0. The number of hydrogen-bond acceptors (Lipinski definition) is 1. The fourth-order valence-corrected chi connectivity index (χ4v) is 3.25. The van der Waals surface area contributed by atoms with E-state index in [1.54, 1.807) is 7.05 Å². The molecule has 0 bridgehead atoms. The van der Waals surface area contributed by atoms with Gasteiger partial charge in [-0.1, -0.05) is 38.2 Å². The lowest BCUT2D eigenvalue weighted by Gasteiger charge is -2.29. The maximum absolute atomic E-state index is 14.0. The van der Waals surface area contributed by atoms with Crippen LogP contribution < -0.4 is 5.32 Å². The zero-order valence-electron chi connectivity index (χ0n) is 11.9. The van der Waals surface area contributed by atoms with Gasteiger partial charge in [-0.25, -0.2) is 13.2 Å². The molecule has 1 saturated carbocycles. The number of halogens is 3. The summed E-state index contributed by atoms with van der Waals surface area (Å²) < 4.78 is 40.5. The van der Waals surface area contributed by atoms with Gasteiger partial charge in [0.05, 0.1) is 0 Å². The second kappa shape index (κ2) is 7.11. The van der Waals surface area contributed by atoms with Gasteiger partial charge in [-0.05, 0) is 31.9 Å². The lowest BCUT2D eigenvalue weighted by Crippen LogP contribution is -2.27. The van der Waals surface area contributed by atoms with Crippen LogP contribution in [0.25, 0.3) is 0 Å². The molecule has 1 N–H and O–H groups in total. The van der Waals surface area contributed by atoms with Crippen molar-refractivity contribution < 1.29 is 13.2 Å². The molecule has 2 rings (SSSR count). The summed E-state index contributed by atoms with van der Waals surface area (Å²) in [6, 6.07) is 2.14. The first-order valence-electron chi connectivity index (χ1n) is 7.45. The molecule has 1 fully saturated rings. The summed E-state index contributed by atoms with van der Waals surface area (Å²) in [6.07, 6.45) is 7.91. The minimum Gasteiger partial charge on any atom is -0.313 e. The fraction of sp³-hybridized carbons (Fsp3) is 0.625. The summed E-state index contributed by atoms with van der Waals surface area (Å²) in [7, 11) is 1.75. The smallest absolute Gasteiger partial charge is 0.194 e. The monoisotopic (exact) mass is 285 g/mol. The van der Waals surface area contributed by atoms with Gasteiger partial charge in [-0.15, -0.1) is 0 Å². The quantitative estimate of drug-likeness (QED) is 0.792. The Hall–Kier alpha value is -1.03. The number of hydrogen-bond donors (Lipinski definition) is 1. The first-order valence-corrected chi connectivity index (χ1v) is 7.45. The van der Waals surface area contributed by atoms with E-state index in [-0.39, 0.29) is 17.5 Å². The van der Waals surface area contributed by atoms with Crippen LogP contribution in [-0.2, 0) is 0 Å². The number of benzene rings is 1. The lowest BCUT2D eigenvalue weighted by atomic mass is 9.82. The molecular formula is C16H22F3N. The Labute approximate surface area is 118 Å². The average Bonchev–Trinajstić information content (AvgIpc) is 2.41. The second-order valence-electron chi connectivity index (χ2n) is 5.64. The van der Waals surface area contributed by atoms with E-state index in [9.17, 15) is 13.2 Å². The first kappa shape index (κ1) is 15.4. The Morgan fingerprint density at radius 2 is 1.55 bits per heavy atom. The van der Waals surface area contributed by atoms with Crippen LogP contribution in [0.4, 0.5) is 13.2 Å². The summed E-state index contributed by atoms with van der Waals surface area (Å²) in [5, 5.41) is 3.09. The van der Waals surface area contributed by atoms with Gasteiger partial charge in [0.15, 0.2) is 17.5 Å². The average molecular weight is 285 g/mol. The molecule has 4 heteroatoms. The van der Waals surface area contributed by atoms with Gasteiger partial charge in [-0.3, -0.25) is 0 Å². The van der Waals surface area contributed by atoms with Gasteiger partial charge >= 0.3 is 0 Å². The zero-order chi connectivity index (χ0) is 14.5. The van der Waals surface area contributed by atoms with Crippen LogP contribution in [0.2, 0.25) is 0 Å². The highest BCUT2D eigenvalue weighted by atomic mass is 19.2. The van der Waals surface area contributed by atoms with Gasteiger partial charge in [0.25, 0.3) is 0 Å². The third-order valence-electron chi connectivity index (χ3n) is 4.33. The molecule has 0 radical (unpaired) electrons. The minimum atomic E-state index is -1.37. The van der Waals surface area contributed by atoms with E-state index in [1.807, 2.05) is 0 Å². The van der Waals surface area contributed by atoms with E-state index in [0.29, 0.717) is 0 Å². The van der Waals surface area contributed by atoms with Crippen LogP contribution in [0.1, 0.15) is 56.6 Å². The van der Waals surface area contributed by atoms with Crippen LogP contribution in [-0.4, -0.2) is 7.05 Å². The summed E-state index contributed by atoms with van der Waals surface area (Å²) in [5.74, 6) is -3.27. The highest BCUT2D eigenvalue weighted by Crippen LogP contribution is 2.34. The number of nitrogens with one attached hydrogen (secondary N) is 1. The molecule has 0 amide bonds. The van der Waals surface area contributed by atoms with Crippen LogP contribution in [0.5, 0.6) is 0 Å². The molecule has 1 unspecified atom stereocenters. The number of rotatable bonds is 3. The summed E-state index contributed by atoms with van der Waals surface area (Å²) in [5.41, 5.74) is 0.247. The Balaban J connectivity index is 2.24. The van der Waals surface area contributed by atoms with Crippen molar-refractivity contribution in [2.75, 3.05) is 7.05 Å². The topological polar surface area (TPSA) is 12.0 Å². The molecule has 112 valence electrons. The van der Waals surface area contributed by atoms with E-state index in [2.05, 4.69) is 5.32 Å². The molecule has 0 heterocycles. The van der Waals surface area contributed by atoms with Crippen molar-refractivity contribution in [3.05, 3.63) is 35.1 Å². The molecular weight excluding hydrogens is 263 g/mol. The normalized spacial score (nSPS) is 19.4. The van der Waals surface area contributed by atoms with Crippen LogP contribution in [0, 0.1) is 23.4 Å². The lowest BCUT2D eigenvalue weighted by molar-refractivity contribution is 0.290. The molecule has 0 spiro atoms. The molecule has 1 aliphatic rings. The van der Waals surface area contributed by atoms with Gasteiger partial charge < -0.3 is 5.32 Å². The van der Waals surface area contributed by atoms with Gasteiger partial charge in [0, 0.05) is 11.6 Å². The van der Waals surface area contributed by atoms with E-state index in [4.69, 9.17) is 0 Å².